The number of hydrogen-bond donors (Lipinski definition) is 1. The maximum absolute atomic E-state index is 12.2. The molecule has 5 nitrogen and oxygen atoms in total. The van der Waals surface area contributed by atoms with Crippen molar-refractivity contribution in [1.29, 1.82) is 0 Å². The zero-order valence-electron chi connectivity index (χ0n) is 10.2. The average Bonchev–Trinajstić information content (AvgIpc) is 2.35. The molecule has 20 heavy (non-hydrogen) atoms. The molecule has 1 aliphatic carbocycles. The molecule has 0 aromatic heterocycles. The average molecular weight is 290 g/mol. The molecule has 0 amide bonds. The highest BCUT2D eigenvalue weighted by Gasteiger charge is 2.42. The molecule has 0 bridgehead atoms. The summed E-state index contributed by atoms with van der Waals surface area (Å²) in [4.78, 5) is 23.9. The van der Waals surface area contributed by atoms with Crippen LogP contribution in [0.1, 0.15) is 15.9 Å². The number of ketones is 2. The monoisotopic (exact) mass is 290 g/mol. The molecule has 1 N–H and O–H groups in total. The number of carbonyl (C=O) groups excluding carboxylic acids is 2. The Bertz CT molecular complexity index is 851. The number of benzene rings is 2. The Kier molecular flexibility index (Phi) is 2.74. The van der Waals surface area contributed by atoms with Crippen molar-refractivity contribution in [2.24, 2.45) is 0 Å². The van der Waals surface area contributed by atoms with Gasteiger partial charge in [-0.15, -0.1) is 0 Å². The van der Waals surface area contributed by atoms with Crippen molar-refractivity contribution >= 4 is 32.5 Å². The molecule has 6 heteroatoms. The van der Waals surface area contributed by atoms with Crippen LogP contribution in [-0.4, -0.2) is 29.8 Å². The van der Waals surface area contributed by atoms with Crippen LogP contribution in [0, 0.1) is 0 Å². The summed E-state index contributed by atoms with van der Waals surface area (Å²) >= 11 is 0. The molecule has 0 saturated heterocycles. The third kappa shape index (κ3) is 1.93. The molecule has 0 heterocycles. The summed E-state index contributed by atoms with van der Waals surface area (Å²) in [5, 5.41) is -0.337. The molecule has 0 radical (unpaired) electrons. The van der Waals surface area contributed by atoms with E-state index in [1.807, 2.05) is 12.1 Å². The highest BCUT2D eigenvalue weighted by Crippen LogP contribution is 2.27. The first-order chi connectivity index (χ1) is 9.38. The molecule has 0 saturated carbocycles. The van der Waals surface area contributed by atoms with Gasteiger partial charge < -0.3 is 0 Å². The fraction of sp³-hybridized carbons (Fsp3) is 0.143. The van der Waals surface area contributed by atoms with Crippen LogP contribution in [0.4, 0.5) is 0 Å². The van der Waals surface area contributed by atoms with Crippen LogP contribution in [0.5, 0.6) is 0 Å². The highest BCUT2D eigenvalue weighted by atomic mass is 32.2. The van der Waals surface area contributed by atoms with E-state index < -0.39 is 26.9 Å². The summed E-state index contributed by atoms with van der Waals surface area (Å²) in [7, 11) is -4.72. The van der Waals surface area contributed by atoms with Gasteiger partial charge in [-0.3, -0.25) is 14.1 Å². The Hall–Kier alpha value is -2.05. The van der Waals surface area contributed by atoms with E-state index >= 15 is 0 Å². The van der Waals surface area contributed by atoms with E-state index in [0.29, 0.717) is 5.56 Å². The molecule has 0 fully saturated rings. The van der Waals surface area contributed by atoms with Crippen molar-refractivity contribution in [3.63, 3.8) is 0 Å². The van der Waals surface area contributed by atoms with Crippen LogP contribution in [0.15, 0.2) is 36.4 Å². The molecule has 102 valence electrons. The Balaban J connectivity index is 2.25. The lowest BCUT2D eigenvalue weighted by molar-refractivity contribution is -0.117. The quantitative estimate of drug-likeness (QED) is 0.633. The summed E-state index contributed by atoms with van der Waals surface area (Å²) in [6.45, 7) is 0. The highest BCUT2D eigenvalue weighted by molar-refractivity contribution is 7.88. The largest absolute Gasteiger partial charge is 0.297 e. The minimum atomic E-state index is -4.72. The number of Topliss-reactive ketones (excluding diaryl/α,β-unsaturated/α-hetero) is 2. The van der Waals surface area contributed by atoms with Gasteiger partial charge in [0.2, 0.25) is 5.25 Å². The fourth-order valence-electron chi connectivity index (χ4n) is 2.53. The van der Waals surface area contributed by atoms with Gasteiger partial charge in [-0.2, -0.15) is 8.42 Å². The van der Waals surface area contributed by atoms with Gasteiger partial charge in [0.05, 0.1) is 0 Å². The Morgan fingerprint density at radius 3 is 2.25 bits per heavy atom. The van der Waals surface area contributed by atoms with Crippen molar-refractivity contribution in [3.8, 4) is 0 Å². The molecule has 2 aromatic rings. The van der Waals surface area contributed by atoms with E-state index in [1.165, 1.54) is 0 Å². The van der Waals surface area contributed by atoms with Crippen LogP contribution in [0.25, 0.3) is 10.8 Å². The number of fused-ring (bicyclic) bond motifs is 2. The predicted molar refractivity (Wildman–Crippen MR) is 72.3 cm³/mol. The van der Waals surface area contributed by atoms with Crippen molar-refractivity contribution in [1.82, 2.24) is 0 Å². The summed E-state index contributed by atoms with van der Waals surface area (Å²) in [5.41, 5.74) is 0.685. The van der Waals surface area contributed by atoms with Gasteiger partial charge >= 0.3 is 0 Å². The molecule has 1 atom stereocenters. The molecule has 0 spiro atoms. The topological polar surface area (TPSA) is 88.5 Å². The SMILES string of the molecule is O=C1Cc2cc3ccccc3cc2C(=O)C1S(=O)(=O)O. The minimum absolute atomic E-state index is 0.170. The number of hydrogen-bond acceptors (Lipinski definition) is 4. The van der Waals surface area contributed by atoms with E-state index in [2.05, 4.69) is 0 Å². The van der Waals surface area contributed by atoms with Gasteiger partial charge in [-0.1, -0.05) is 24.3 Å². The van der Waals surface area contributed by atoms with E-state index in [9.17, 15) is 18.0 Å². The van der Waals surface area contributed by atoms with E-state index in [1.54, 1.807) is 24.3 Å². The van der Waals surface area contributed by atoms with Crippen LogP contribution in [0.2, 0.25) is 0 Å². The summed E-state index contributed by atoms with van der Waals surface area (Å²) in [6.07, 6.45) is -0.170. The first kappa shape index (κ1) is 13.0. The van der Waals surface area contributed by atoms with Crippen LogP contribution in [0.3, 0.4) is 0 Å². The van der Waals surface area contributed by atoms with E-state index in [-0.39, 0.29) is 12.0 Å². The fourth-order valence-corrected chi connectivity index (χ4v) is 3.35. The summed E-state index contributed by atoms with van der Waals surface area (Å²) < 4.78 is 31.4. The van der Waals surface area contributed by atoms with Crippen LogP contribution < -0.4 is 0 Å². The van der Waals surface area contributed by atoms with Crippen molar-refractivity contribution < 1.29 is 22.6 Å². The molecule has 3 rings (SSSR count). The second-order valence-corrected chi connectivity index (χ2v) is 6.26. The van der Waals surface area contributed by atoms with Gasteiger partial charge in [0.1, 0.15) is 0 Å². The lowest BCUT2D eigenvalue weighted by atomic mass is 9.87. The van der Waals surface area contributed by atoms with Crippen LogP contribution in [-0.2, 0) is 21.3 Å². The first-order valence-corrected chi connectivity index (χ1v) is 7.43. The zero-order valence-corrected chi connectivity index (χ0v) is 11.1. The smallest absolute Gasteiger partial charge is 0.282 e. The Morgan fingerprint density at radius 2 is 1.65 bits per heavy atom. The van der Waals surface area contributed by atoms with Crippen molar-refractivity contribution in [2.75, 3.05) is 0 Å². The summed E-state index contributed by atoms with van der Waals surface area (Å²) in [6, 6.07) is 10.6. The zero-order chi connectivity index (χ0) is 14.5. The number of rotatable bonds is 1. The molecular weight excluding hydrogens is 280 g/mol. The normalized spacial score (nSPS) is 19.1. The van der Waals surface area contributed by atoms with Gasteiger partial charge in [0.15, 0.2) is 11.6 Å². The molecule has 1 aliphatic rings. The van der Waals surface area contributed by atoms with Crippen molar-refractivity contribution in [2.45, 2.75) is 11.7 Å². The number of carbonyl (C=O) groups is 2. The second kappa shape index (κ2) is 4.22. The van der Waals surface area contributed by atoms with Gasteiger partial charge in [0, 0.05) is 12.0 Å². The predicted octanol–water partition coefficient (Wildman–Crippen LogP) is 1.40. The van der Waals surface area contributed by atoms with Crippen molar-refractivity contribution in [3.05, 3.63) is 47.5 Å². The standard InChI is InChI=1S/C14H10O5S/c15-12-7-10-5-8-3-1-2-4-9(8)6-11(10)13(16)14(12)20(17,18)19/h1-6,14H,7H2,(H,17,18,19). The second-order valence-electron chi connectivity index (χ2n) is 4.76. The minimum Gasteiger partial charge on any atom is -0.297 e. The van der Waals surface area contributed by atoms with Crippen LogP contribution >= 0.6 is 0 Å². The molecule has 1 unspecified atom stereocenters. The third-order valence-electron chi connectivity index (χ3n) is 3.43. The van der Waals surface area contributed by atoms with E-state index in [4.69, 9.17) is 4.55 Å². The Morgan fingerprint density at radius 1 is 1.05 bits per heavy atom. The van der Waals surface area contributed by atoms with Gasteiger partial charge in [0.25, 0.3) is 10.1 Å². The third-order valence-corrected chi connectivity index (χ3v) is 4.50. The maximum atomic E-state index is 12.2. The van der Waals surface area contributed by atoms with Gasteiger partial charge in [-0.05, 0) is 28.5 Å². The lowest BCUT2D eigenvalue weighted by Crippen LogP contribution is -2.42. The summed E-state index contributed by atoms with van der Waals surface area (Å²) in [5.74, 6) is -1.65. The molecule has 2 aromatic carbocycles. The molecular formula is C14H10O5S. The lowest BCUT2D eigenvalue weighted by Gasteiger charge is -2.20. The molecule has 0 aliphatic heterocycles. The van der Waals surface area contributed by atoms with E-state index in [0.717, 1.165) is 10.8 Å². The Labute approximate surface area is 115 Å². The first-order valence-electron chi connectivity index (χ1n) is 5.93. The maximum Gasteiger partial charge on any atom is 0.282 e. The van der Waals surface area contributed by atoms with Gasteiger partial charge in [-0.25, -0.2) is 0 Å².